The Balaban J connectivity index is 2.16. The van der Waals surface area contributed by atoms with E-state index in [0.29, 0.717) is 0 Å². The van der Waals surface area contributed by atoms with Crippen molar-refractivity contribution in [1.29, 1.82) is 0 Å². The average molecular weight is 316 g/mol. The van der Waals surface area contributed by atoms with Gasteiger partial charge in [0.05, 0.1) is 11.0 Å². The lowest BCUT2D eigenvalue weighted by Gasteiger charge is -2.07. The molecular weight excluding hydrogens is 302 g/mol. The van der Waals surface area contributed by atoms with Gasteiger partial charge in [-0.3, -0.25) is 4.57 Å². The molecule has 0 fully saturated rings. The maximum absolute atomic E-state index is 5.90. The summed E-state index contributed by atoms with van der Waals surface area (Å²) < 4.78 is 3.13. The van der Waals surface area contributed by atoms with Gasteiger partial charge in [0.25, 0.3) is 0 Å². The number of aromatic nitrogens is 2. The zero-order valence-corrected chi connectivity index (χ0v) is 12.1. The number of benzene rings is 2. The molecule has 3 rings (SSSR count). The van der Waals surface area contributed by atoms with Crippen molar-refractivity contribution in [1.82, 2.24) is 9.55 Å². The molecule has 2 aromatic carbocycles. The van der Waals surface area contributed by atoms with Gasteiger partial charge in [0.1, 0.15) is 6.33 Å². The van der Waals surface area contributed by atoms with E-state index in [9.17, 15) is 0 Å². The summed E-state index contributed by atoms with van der Waals surface area (Å²) in [6.07, 6.45) is 1.84. The molecule has 0 amide bonds. The van der Waals surface area contributed by atoms with E-state index in [-0.39, 0.29) is 6.04 Å². The van der Waals surface area contributed by atoms with E-state index < -0.39 is 0 Å². The molecule has 0 radical (unpaired) electrons. The molecule has 3 aromatic rings. The summed E-state index contributed by atoms with van der Waals surface area (Å²) in [7, 11) is 0. The minimum Gasteiger partial charge on any atom is -0.324 e. The summed E-state index contributed by atoms with van der Waals surface area (Å²) >= 11 is 3.49. The lowest BCUT2D eigenvalue weighted by atomic mass is 10.1. The predicted octanol–water partition coefficient (Wildman–Crippen LogP) is 3.81. The Morgan fingerprint density at radius 1 is 1.21 bits per heavy atom. The highest BCUT2D eigenvalue weighted by Gasteiger charge is 2.07. The van der Waals surface area contributed by atoms with E-state index in [1.165, 1.54) is 0 Å². The number of hydrogen-bond donors (Lipinski definition) is 1. The summed E-state index contributed by atoms with van der Waals surface area (Å²) in [4.78, 5) is 4.46. The number of nitrogens with two attached hydrogens (primary N) is 1. The van der Waals surface area contributed by atoms with Gasteiger partial charge < -0.3 is 5.73 Å². The van der Waals surface area contributed by atoms with Crippen molar-refractivity contribution in [2.75, 3.05) is 0 Å². The topological polar surface area (TPSA) is 43.8 Å². The van der Waals surface area contributed by atoms with Crippen LogP contribution >= 0.6 is 15.9 Å². The van der Waals surface area contributed by atoms with Gasteiger partial charge in [0.2, 0.25) is 0 Å². The van der Waals surface area contributed by atoms with Crippen LogP contribution in [0.3, 0.4) is 0 Å². The van der Waals surface area contributed by atoms with Gasteiger partial charge in [-0.25, -0.2) is 4.98 Å². The predicted molar refractivity (Wildman–Crippen MR) is 81.4 cm³/mol. The van der Waals surface area contributed by atoms with Crippen LogP contribution in [-0.4, -0.2) is 9.55 Å². The summed E-state index contributed by atoms with van der Waals surface area (Å²) in [5.41, 5.74) is 10.1. The van der Waals surface area contributed by atoms with E-state index in [0.717, 1.165) is 26.8 Å². The van der Waals surface area contributed by atoms with Crippen LogP contribution in [0.15, 0.2) is 53.3 Å². The molecule has 1 unspecified atom stereocenters. The second-order valence-electron chi connectivity index (χ2n) is 4.63. The van der Waals surface area contributed by atoms with Crippen LogP contribution in [0.5, 0.6) is 0 Å². The second-order valence-corrected chi connectivity index (χ2v) is 5.55. The smallest absolute Gasteiger partial charge is 0.100 e. The molecule has 0 aliphatic heterocycles. The molecule has 0 aliphatic rings. The van der Waals surface area contributed by atoms with Gasteiger partial charge in [0, 0.05) is 16.2 Å². The van der Waals surface area contributed by atoms with Crippen molar-refractivity contribution < 1.29 is 0 Å². The Hall–Kier alpha value is -1.65. The zero-order valence-electron chi connectivity index (χ0n) is 10.5. The maximum Gasteiger partial charge on any atom is 0.100 e. The van der Waals surface area contributed by atoms with Crippen LogP contribution in [0.4, 0.5) is 0 Å². The van der Waals surface area contributed by atoms with E-state index in [1.807, 2.05) is 25.4 Å². The van der Waals surface area contributed by atoms with E-state index in [2.05, 4.69) is 55.8 Å². The number of halogens is 1. The van der Waals surface area contributed by atoms with Crippen molar-refractivity contribution in [3.63, 3.8) is 0 Å². The van der Waals surface area contributed by atoms with Crippen LogP contribution in [0.25, 0.3) is 16.7 Å². The zero-order chi connectivity index (χ0) is 13.4. The number of nitrogens with zero attached hydrogens (tertiary/aromatic N) is 2. The van der Waals surface area contributed by atoms with Crippen LogP contribution in [0.1, 0.15) is 18.5 Å². The SMILES string of the molecule is CC(N)c1ccc2c(c1)ncn2-c1cccc(Br)c1. The summed E-state index contributed by atoms with van der Waals surface area (Å²) in [5.74, 6) is 0. The van der Waals surface area contributed by atoms with Gasteiger partial charge in [-0.1, -0.05) is 28.1 Å². The second kappa shape index (κ2) is 4.79. The lowest BCUT2D eigenvalue weighted by molar-refractivity contribution is 0.819. The summed E-state index contributed by atoms with van der Waals surface area (Å²) in [5, 5.41) is 0. The standard InChI is InChI=1S/C15H14BrN3/c1-10(17)11-5-6-15-14(7-11)18-9-19(15)13-4-2-3-12(16)8-13/h2-10H,17H2,1H3. The van der Waals surface area contributed by atoms with Gasteiger partial charge in [0.15, 0.2) is 0 Å². The molecule has 1 aromatic heterocycles. The van der Waals surface area contributed by atoms with E-state index >= 15 is 0 Å². The van der Waals surface area contributed by atoms with Crippen LogP contribution in [-0.2, 0) is 0 Å². The first-order valence-electron chi connectivity index (χ1n) is 6.13. The lowest BCUT2D eigenvalue weighted by Crippen LogP contribution is -2.04. The summed E-state index contributed by atoms with van der Waals surface area (Å²) in [6, 6.07) is 14.4. The highest BCUT2D eigenvalue weighted by Crippen LogP contribution is 2.23. The van der Waals surface area contributed by atoms with Crippen molar-refractivity contribution in [3.8, 4) is 5.69 Å². The Kier molecular flexibility index (Phi) is 3.12. The molecule has 0 spiro atoms. The van der Waals surface area contributed by atoms with Crippen molar-refractivity contribution in [2.45, 2.75) is 13.0 Å². The Labute approximate surface area is 120 Å². The molecule has 96 valence electrons. The van der Waals surface area contributed by atoms with Crippen molar-refractivity contribution in [2.24, 2.45) is 5.73 Å². The van der Waals surface area contributed by atoms with Gasteiger partial charge in [-0.15, -0.1) is 0 Å². The third-order valence-electron chi connectivity index (χ3n) is 3.18. The fourth-order valence-electron chi connectivity index (χ4n) is 2.14. The first-order valence-corrected chi connectivity index (χ1v) is 6.93. The van der Waals surface area contributed by atoms with Crippen LogP contribution in [0.2, 0.25) is 0 Å². The Morgan fingerprint density at radius 3 is 2.79 bits per heavy atom. The maximum atomic E-state index is 5.90. The number of hydrogen-bond acceptors (Lipinski definition) is 2. The molecule has 2 N–H and O–H groups in total. The molecular formula is C15H14BrN3. The average Bonchev–Trinajstić information content (AvgIpc) is 2.81. The van der Waals surface area contributed by atoms with Crippen molar-refractivity contribution >= 4 is 27.0 Å². The monoisotopic (exact) mass is 315 g/mol. The molecule has 1 atom stereocenters. The number of imidazole rings is 1. The largest absolute Gasteiger partial charge is 0.324 e. The molecule has 19 heavy (non-hydrogen) atoms. The minimum absolute atomic E-state index is 0.0282. The van der Waals surface area contributed by atoms with E-state index in [4.69, 9.17) is 5.73 Å². The van der Waals surface area contributed by atoms with Gasteiger partial charge >= 0.3 is 0 Å². The quantitative estimate of drug-likeness (QED) is 0.781. The molecule has 0 bridgehead atoms. The molecule has 0 saturated carbocycles. The first kappa shape index (κ1) is 12.4. The van der Waals surface area contributed by atoms with Gasteiger partial charge in [-0.2, -0.15) is 0 Å². The summed E-state index contributed by atoms with van der Waals surface area (Å²) in [6.45, 7) is 1.98. The van der Waals surface area contributed by atoms with Gasteiger partial charge in [-0.05, 0) is 42.8 Å². The fraction of sp³-hybridized carbons (Fsp3) is 0.133. The highest BCUT2D eigenvalue weighted by molar-refractivity contribution is 9.10. The molecule has 0 aliphatic carbocycles. The molecule has 0 saturated heterocycles. The Bertz CT molecular complexity index is 731. The van der Waals surface area contributed by atoms with Crippen molar-refractivity contribution in [3.05, 3.63) is 58.8 Å². The highest BCUT2D eigenvalue weighted by atomic mass is 79.9. The molecule has 4 heteroatoms. The third-order valence-corrected chi connectivity index (χ3v) is 3.68. The number of fused-ring (bicyclic) bond motifs is 1. The fourth-order valence-corrected chi connectivity index (χ4v) is 2.53. The Morgan fingerprint density at radius 2 is 2.05 bits per heavy atom. The number of rotatable bonds is 2. The van der Waals surface area contributed by atoms with E-state index in [1.54, 1.807) is 0 Å². The molecule has 1 heterocycles. The molecule has 3 nitrogen and oxygen atoms in total. The van der Waals surface area contributed by atoms with Crippen LogP contribution in [0, 0.1) is 0 Å². The third kappa shape index (κ3) is 2.29. The minimum atomic E-state index is 0.0282. The first-order chi connectivity index (χ1) is 9.15. The van der Waals surface area contributed by atoms with Crippen LogP contribution < -0.4 is 5.73 Å². The normalized spacial score (nSPS) is 12.8.